The SMILES string of the molecule is OC[C@H]1O[C@@H](n2cnc3c(NC4CCCCCCC4)ncnc32)[C@H](O)[C@@H]1O. The summed E-state index contributed by atoms with van der Waals surface area (Å²) in [7, 11) is 0. The van der Waals surface area contributed by atoms with Crippen molar-refractivity contribution in [2.75, 3.05) is 11.9 Å². The van der Waals surface area contributed by atoms with Crippen LogP contribution in [0.1, 0.15) is 51.2 Å². The van der Waals surface area contributed by atoms with Gasteiger partial charge in [0.25, 0.3) is 0 Å². The van der Waals surface area contributed by atoms with Crippen LogP contribution in [-0.4, -0.2) is 65.8 Å². The predicted molar refractivity (Wildman–Crippen MR) is 98.1 cm³/mol. The van der Waals surface area contributed by atoms with Crippen molar-refractivity contribution < 1.29 is 20.1 Å². The highest BCUT2D eigenvalue weighted by Crippen LogP contribution is 2.32. The molecule has 1 aliphatic heterocycles. The van der Waals surface area contributed by atoms with E-state index in [1.54, 1.807) is 4.57 Å². The fraction of sp³-hybridized carbons (Fsp3) is 0.722. The highest BCUT2D eigenvalue weighted by Gasteiger charge is 2.44. The quantitative estimate of drug-likeness (QED) is 0.621. The second-order valence-corrected chi connectivity index (χ2v) is 7.46. The number of fused-ring (bicyclic) bond motifs is 1. The molecule has 0 radical (unpaired) electrons. The maximum atomic E-state index is 10.3. The third kappa shape index (κ3) is 3.64. The Morgan fingerprint density at radius 1 is 1.04 bits per heavy atom. The van der Waals surface area contributed by atoms with E-state index >= 15 is 0 Å². The minimum atomic E-state index is -1.17. The molecule has 0 spiro atoms. The monoisotopic (exact) mass is 377 g/mol. The summed E-state index contributed by atoms with van der Waals surface area (Å²) in [5.41, 5.74) is 1.13. The van der Waals surface area contributed by atoms with Crippen molar-refractivity contribution in [3.63, 3.8) is 0 Å². The summed E-state index contributed by atoms with van der Waals surface area (Å²) in [6.45, 7) is -0.370. The van der Waals surface area contributed by atoms with E-state index in [1.165, 1.54) is 44.8 Å². The molecule has 9 heteroatoms. The summed E-state index contributed by atoms with van der Waals surface area (Å²) in [5.74, 6) is 0.677. The first-order valence-electron chi connectivity index (χ1n) is 9.75. The van der Waals surface area contributed by atoms with Gasteiger partial charge in [-0.2, -0.15) is 0 Å². The zero-order valence-corrected chi connectivity index (χ0v) is 15.2. The van der Waals surface area contributed by atoms with Gasteiger partial charge in [-0.1, -0.05) is 32.1 Å². The summed E-state index contributed by atoms with van der Waals surface area (Å²) in [6, 6.07) is 0.363. The minimum absolute atomic E-state index is 0.363. The number of anilines is 1. The van der Waals surface area contributed by atoms with Crippen LogP contribution < -0.4 is 5.32 Å². The molecule has 4 N–H and O–H groups in total. The number of ether oxygens (including phenoxy) is 1. The summed E-state index contributed by atoms with van der Waals surface area (Å²) in [5, 5.41) is 33.1. The highest BCUT2D eigenvalue weighted by atomic mass is 16.6. The topological polar surface area (TPSA) is 126 Å². The van der Waals surface area contributed by atoms with Crippen LogP contribution in [-0.2, 0) is 4.74 Å². The molecule has 2 fully saturated rings. The first-order chi connectivity index (χ1) is 13.2. The lowest BCUT2D eigenvalue weighted by atomic mass is 9.97. The third-order valence-corrected chi connectivity index (χ3v) is 5.60. The van der Waals surface area contributed by atoms with E-state index in [9.17, 15) is 15.3 Å². The zero-order valence-electron chi connectivity index (χ0n) is 15.2. The molecular formula is C18H27N5O4. The van der Waals surface area contributed by atoms with Crippen molar-refractivity contribution in [1.82, 2.24) is 19.5 Å². The molecule has 0 aromatic carbocycles. The number of aliphatic hydroxyl groups excluding tert-OH is 3. The second-order valence-electron chi connectivity index (χ2n) is 7.46. The van der Waals surface area contributed by atoms with Crippen LogP contribution in [0.2, 0.25) is 0 Å². The van der Waals surface area contributed by atoms with Gasteiger partial charge in [0.1, 0.15) is 24.6 Å². The van der Waals surface area contributed by atoms with Crippen molar-refractivity contribution in [3.05, 3.63) is 12.7 Å². The Kier molecular flexibility index (Phi) is 5.53. The van der Waals surface area contributed by atoms with Gasteiger partial charge in [-0.3, -0.25) is 4.57 Å². The average molecular weight is 377 g/mol. The lowest BCUT2D eigenvalue weighted by Crippen LogP contribution is -2.33. The molecule has 9 nitrogen and oxygen atoms in total. The lowest BCUT2D eigenvalue weighted by molar-refractivity contribution is -0.0511. The van der Waals surface area contributed by atoms with Crippen LogP contribution in [0.15, 0.2) is 12.7 Å². The number of imidazole rings is 1. The van der Waals surface area contributed by atoms with Crippen molar-refractivity contribution in [3.8, 4) is 0 Å². The number of nitrogens with zero attached hydrogens (tertiary/aromatic N) is 4. The number of hydrogen-bond acceptors (Lipinski definition) is 8. The second kappa shape index (κ2) is 8.05. The van der Waals surface area contributed by atoms with E-state index in [2.05, 4.69) is 20.3 Å². The smallest absolute Gasteiger partial charge is 0.167 e. The van der Waals surface area contributed by atoms with Gasteiger partial charge in [-0.15, -0.1) is 0 Å². The van der Waals surface area contributed by atoms with Gasteiger partial charge in [-0.05, 0) is 12.8 Å². The molecule has 0 bridgehead atoms. The molecule has 27 heavy (non-hydrogen) atoms. The molecule has 4 atom stereocenters. The fourth-order valence-electron chi connectivity index (χ4n) is 4.05. The Bertz CT molecular complexity index is 761. The van der Waals surface area contributed by atoms with Crippen molar-refractivity contribution in [2.45, 2.75) is 75.5 Å². The van der Waals surface area contributed by atoms with Gasteiger partial charge in [0.2, 0.25) is 0 Å². The fourth-order valence-corrected chi connectivity index (χ4v) is 4.05. The van der Waals surface area contributed by atoms with E-state index < -0.39 is 24.5 Å². The van der Waals surface area contributed by atoms with Gasteiger partial charge in [-0.25, -0.2) is 15.0 Å². The average Bonchev–Trinajstić information content (AvgIpc) is 3.20. The molecule has 1 saturated heterocycles. The molecular weight excluding hydrogens is 350 g/mol. The van der Waals surface area contributed by atoms with E-state index in [0.29, 0.717) is 23.0 Å². The van der Waals surface area contributed by atoms with Gasteiger partial charge < -0.3 is 25.4 Å². The standard InChI is InChI=1S/C18H27N5O4/c24-8-12-14(25)15(26)18(27-12)23-10-21-13-16(19-9-20-17(13)23)22-11-6-4-2-1-3-5-7-11/h9-12,14-15,18,24-26H,1-8H2,(H,19,20,22)/t12-,14-,15-,18-/m1/s1. The number of aliphatic hydroxyl groups is 3. The van der Waals surface area contributed by atoms with Crippen LogP contribution in [0.4, 0.5) is 5.82 Å². The number of nitrogens with one attached hydrogen (secondary N) is 1. The first-order valence-corrected chi connectivity index (χ1v) is 9.75. The van der Waals surface area contributed by atoms with Gasteiger partial charge >= 0.3 is 0 Å². The maximum absolute atomic E-state index is 10.3. The van der Waals surface area contributed by atoms with Gasteiger partial charge in [0.15, 0.2) is 23.2 Å². The minimum Gasteiger partial charge on any atom is -0.394 e. The Hall–Kier alpha value is -1.81. The highest BCUT2D eigenvalue weighted by molar-refractivity contribution is 5.82. The van der Waals surface area contributed by atoms with Crippen molar-refractivity contribution in [2.24, 2.45) is 0 Å². The number of aromatic nitrogens is 4. The first kappa shape index (κ1) is 18.5. The third-order valence-electron chi connectivity index (χ3n) is 5.60. The van der Waals surface area contributed by atoms with Crippen LogP contribution >= 0.6 is 0 Å². The molecule has 0 amide bonds. The molecule has 2 aliphatic rings. The summed E-state index contributed by atoms with van der Waals surface area (Å²) < 4.78 is 7.19. The molecule has 4 rings (SSSR count). The Morgan fingerprint density at radius 3 is 2.48 bits per heavy atom. The van der Waals surface area contributed by atoms with Crippen LogP contribution in [0, 0.1) is 0 Å². The lowest BCUT2D eigenvalue weighted by Gasteiger charge is -2.21. The molecule has 2 aromatic heterocycles. The molecule has 0 unspecified atom stereocenters. The van der Waals surface area contributed by atoms with Crippen LogP contribution in [0.5, 0.6) is 0 Å². The van der Waals surface area contributed by atoms with Crippen LogP contribution in [0.25, 0.3) is 11.2 Å². The summed E-state index contributed by atoms with van der Waals surface area (Å²) in [4.78, 5) is 13.1. The Labute approximate surface area is 157 Å². The Balaban J connectivity index is 1.58. The van der Waals surface area contributed by atoms with Crippen molar-refractivity contribution in [1.29, 1.82) is 0 Å². The maximum Gasteiger partial charge on any atom is 0.167 e. The molecule has 148 valence electrons. The number of hydrogen-bond donors (Lipinski definition) is 4. The summed E-state index contributed by atoms with van der Waals surface area (Å²) in [6.07, 6.45) is 7.49. The number of rotatable bonds is 4. The Morgan fingerprint density at radius 2 is 1.78 bits per heavy atom. The van der Waals surface area contributed by atoms with E-state index in [0.717, 1.165) is 12.8 Å². The van der Waals surface area contributed by atoms with Gasteiger partial charge in [0.05, 0.1) is 12.9 Å². The van der Waals surface area contributed by atoms with E-state index in [1.807, 2.05) is 0 Å². The predicted octanol–water partition coefficient (Wildman–Crippen LogP) is 0.963. The van der Waals surface area contributed by atoms with Crippen molar-refractivity contribution >= 4 is 17.0 Å². The molecule has 2 aromatic rings. The normalized spacial score (nSPS) is 30.3. The van der Waals surface area contributed by atoms with E-state index in [-0.39, 0.29) is 6.61 Å². The van der Waals surface area contributed by atoms with Gasteiger partial charge in [0, 0.05) is 6.04 Å². The summed E-state index contributed by atoms with van der Waals surface area (Å²) >= 11 is 0. The largest absolute Gasteiger partial charge is 0.394 e. The van der Waals surface area contributed by atoms with E-state index in [4.69, 9.17) is 4.74 Å². The van der Waals surface area contributed by atoms with Crippen LogP contribution in [0.3, 0.4) is 0 Å². The molecule has 1 aliphatic carbocycles. The molecule has 1 saturated carbocycles. The zero-order chi connectivity index (χ0) is 18.8. The molecule has 3 heterocycles.